The summed E-state index contributed by atoms with van der Waals surface area (Å²) in [6, 6.07) is 54.3. The summed E-state index contributed by atoms with van der Waals surface area (Å²) in [5.74, 6) is 0. The summed E-state index contributed by atoms with van der Waals surface area (Å²) in [5, 5.41) is 7.36. The molecule has 10 aromatic rings. The number of nitrogens with zero attached hydrogens (tertiary/aromatic N) is 3. The van der Waals surface area contributed by atoms with Gasteiger partial charge in [0.2, 0.25) is 5.69 Å². The largest absolute Gasteiger partial charge is 0.309 e. The molecule has 0 aliphatic heterocycles. The summed E-state index contributed by atoms with van der Waals surface area (Å²) in [4.78, 5) is 3.83. The van der Waals surface area contributed by atoms with Crippen LogP contribution in [0.25, 0.3) is 91.1 Å². The first-order valence-corrected chi connectivity index (χ1v) is 16.5. The van der Waals surface area contributed by atoms with Crippen LogP contribution in [0.15, 0.2) is 152 Å². The smallest absolute Gasteiger partial charge is 0.204 e. The molecule has 0 atom stereocenters. The predicted octanol–water partition coefficient (Wildman–Crippen LogP) is 12.5. The Bertz CT molecular complexity index is 2880. The Morgan fingerprint density at radius 3 is 1.57 bits per heavy atom. The van der Waals surface area contributed by atoms with Gasteiger partial charge in [-0.1, -0.05) is 103 Å². The van der Waals surface area contributed by atoms with E-state index in [0.29, 0.717) is 0 Å². The Morgan fingerprint density at radius 1 is 0.426 bits per heavy atom. The third-order valence-electron chi connectivity index (χ3n) is 9.52. The number of thiophene rings is 1. The molecule has 0 saturated heterocycles. The van der Waals surface area contributed by atoms with Gasteiger partial charge >= 0.3 is 0 Å². The number of hydrogen-bond acceptors (Lipinski definition) is 1. The van der Waals surface area contributed by atoms with E-state index in [4.69, 9.17) is 6.57 Å². The molecule has 3 nitrogen and oxygen atoms in total. The average molecular weight is 616 g/mol. The molecule has 0 radical (unpaired) electrons. The molecule has 0 amide bonds. The maximum atomic E-state index is 7.75. The highest BCUT2D eigenvalue weighted by molar-refractivity contribution is 7.27. The average Bonchev–Trinajstić information content (AvgIpc) is 3.79. The van der Waals surface area contributed by atoms with E-state index in [1.54, 1.807) is 11.3 Å². The van der Waals surface area contributed by atoms with E-state index in [2.05, 4.69) is 154 Å². The topological polar surface area (TPSA) is 14.2 Å². The van der Waals surface area contributed by atoms with Crippen LogP contribution in [0.4, 0.5) is 5.69 Å². The van der Waals surface area contributed by atoms with Gasteiger partial charge in [-0.15, -0.1) is 11.3 Å². The van der Waals surface area contributed by atoms with Crippen LogP contribution in [-0.4, -0.2) is 9.13 Å². The molecule has 0 saturated carbocycles. The predicted molar refractivity (Wildman–Crippen MR) is 200 cm³/mol. The Labute approximate surface area is 274 Å². The third-order valence-corrected chi connectivity index (χ3v) is 10.8. The van der Waals surface area contributed by atoms with Gasteiger partial charge in [0, 0.05) is 42.3 Å². The summed E-state index contributed by atoms with van der Waals surface area (Å²) in [6.07, 6.45) is 0. The number of fused-ring (bicyclic) bond motifs is 10. The summed E-state index contributed by atoms with van der Waals surface area (Å²) < 4.78 is 7.07. The number of benzene rings is 7. The summed E-state index contributed by atoms with van der Waals surface area (Å²) in [5.41, 5.74) is 10.1. The Hall–Kier alpha value is -6.15. The van der Waals surface area contributed by atoms with Crippen molar-refractivity contribution in [1.29, 1.82) is 0 Å². The molecule has 4 heteroatoms. The van der Waals surface area contributed by atoms with Crippen molar-refractivity contribution >= 4 is 80.8 Å². The first kappa shape index (κ1) is 26.1. The van der Waals surface area contributed by atoms with E-state index in [1.165, 1.54) is 64.8 Å². The number of para-hydroxylation sites is 3. The van der Waals surface area contributed by atoms with E-state index in [-0.39, 0.29) is 0 Å². The zero-order valence-electron chi connectivity index (χ0n) is 25.2. The van der Waals surface area contributed by atoms with Gasteiger partial charge in [0.15, 0.2) is 0 Å². The molecular weight excluding hydrogens is 591 g/mol. The number of aromatic nitrogens is 2. The lowest BCUT2D eigenvalue weighted by Crippen LogP contribution is -1.96. The molecule has 0 unspecified atom stereocenters. The normalized spacial score (nSPS) is 11.8. The molecule has 3 aromatic heterocycles. The Morgan fingerprint density at radius 2 is 0.936 bits per heavy atom. The highest BCUT2D eigenvalue weighted by Gasteiger charge is 2.19. The van der Waals surface area contributed by atoms with Crippen molar-refractivity contribution < 1.29 is 0 Å². The Kier molecular flexibility index (Phi) is 5.51. The van der Waals surface area contributed by atoms with Crippen molar-refractivity contribution in [3.05, 3.63) is 163 Å². The zero-order chi connectivity index (χ0) is 31.1. The maximum absolute atomic E-state index is 7.75. The van der Waals surface area contributed by atoms with Crippen LogP contribution in [0.5, 0.6) is 0 Å². The molecule has 0 bridgehead atoms. The summed E-state index contributed by atoms with van der Waals surface area (Å²) in [6.45, 7) is 7.75. The Balaban J connectivity index is 1.18. The van der Waals surface area contributed by atoms with E-state index in [1.807, 2.05) is 12.1 Å². The molecule has 0 aliphatic carbocycles. The summed E-state index contributed by atoms with van der Waals surface area (Å²) in [7, 11) is 0. The van der Waals surface area contributed by atoms with Gasteiger partial charge in [0.25, 0.3) is 0 Å². The zero-order valence-corrected chi connectivity index (χ0v) is 26.0. The fraction of sp³-hybridized carbons (Fsp3) is 0. The highest BCUT2D eigenvalue weighted by Crippen LogP contribution is 2.46. The third kappa shape index (κ3) is 3.72. The van der Waals surface area contributed by atoms with Gasteiger partial charge in [-0.05, 0) is 70.4 Å². The minimum absolute atomic E-state index is 0.719. The molecule has 0 N–H and O–H groups in total. The van der Waals surface area contributed by atoms with Crippen LogP contribution in [-0.2, 0) is 0 Å². The van der Waals surface area contributed by atoms with Crippen LogP contribution >= 0.6 is 11.3 Å². The minimum Gasteiger partial charge on any atom is -0.309 e. The molecule has 10 rings (SSSR count). The SMILES string of the molecule is [C-]#[N+]c1cccc2c1sc1c2ccc2c1c1ccccc1n2-c1cccc(-c2cccc(-n3c4ccccc4c4ccccc43)c2)c1. The first-order valence-electron chi connectivity index (χ1n) is 15.7. The van der Waals surface area contributed by atoms with Crippen LogP contribution in [0, 0.1) is 6.57 Å². The lowest BCUT2D eigenvalue weighted by molar-refractivity contribution is 1.17. The van der Waals surface area contributed by atoms with E-state index < -0.39 is 0 Å². The second-order valence-electron chi connectivity index (χ2n) is 12.0. The van der Waals surface area contributed by atoms with Crippen molar-refractivity contribution in [2.75, 3.05) is 0 Å². The standard InChI is InChI=1S/C43H25N3S/c1-44-36-19-10-18-33-34-23-24-40-41(43(34)47-42(33)36)35-17-4-7-22-39(35)46(40)30-14-9-12-28(26-30)27-11-8-13-29(25-27)45-37-20-5-2-15-31(37)32-16-3-6-21-38(32)45/h2-26H. The summed E-state index contributed by atoms with van der Waals surface area (Å²) >= 11 is 1.74. The molecule has 47 heavy (non-hydrogen) atoms. The van der Waals surface area contributed by atoms with E-state index >= 15 is 0 Å². The maximum Gasteiger partial charge on any atom is 0.204 e. The fourth-order valence-electron chi connectivity index (χ4n) is 7.51. The van der Waals surface area contributed by atoms with Crippen LogP contribution < -0.4 is 0 Å². The van der Waals surface area contributed by atoms with E-state index in [0.717, 1.165) is 27.1 Å². The van der Waals surface area contributed by atoms with Crippen molar-refractivity contribution in [1.82, 2.24) is 9.13 Å². The van der Waals surface area contributed by atoms with Crippen molar-refractivity contribution in [2.45, 2.75) is 0 Å². The van der Waals surface area contributed by atoms with Gasteiger partial charge in [-0.2, -0.15) is 0 Å². The highest BCUT2D eigenvalue weighted by atomic mass is 32.1. The van der Waals surface area contributed by atoms with Crippen molar-refractivity contribution in [3.63, 3.8) is 0 Å². The van der Waals surface area contributed by atoms with Crippen LogP contribution in [0.3, 0.4) is 0 Å². The van der Waals surface area contributed by atoms with Gasteiger partial charge in [0.05, 0.1) is 28.6 Å². The van der Waals surface area contributed by atoms with Gasteiger partial charge in [-0.25, -0.2) is 4.85 Å². The molecule has 0 aliphatic rings. The second-order valence-corrected chi connectivity index (χ2v) is 13.0. The van der Waals surface area contributed by atoms with Crippen molar-refractivity contribution in [2.24, 2.45) is 0 Å². The quantitative estimate of drug-likeness (QED) is 0.176. The molecule has 3 heterocycles. The lowest BCUT2D eigenvalue weighted by atomic mass is 10.0. The first-order chi connectivity index (χ1) is 23.3. The van der Waals surface area contributed by atoms with Crippen LogP contribution in [0.1, 0.15) is 0 Å². The van der Waals surface area contributed by atoms with Crippen LogP contribution in [0.2, 0.25) is 0 Å². The van der Waals surface area contributed by atoms with Gasteiger partial charge in [0.1, 0.15) is 0 Å². The minimum atomic E-state index is 0.719. The number of rotatable bonds is 3. The molecule has 218 valence electrons. The lowest BCUT2D eigenvalue weighted by Gasteiger charge is -2.12. The fourth-order valence-corrected chi connectivity index (χ4v) is 8.82. The molecule has 0 spiro atoms. The second kappa shape index (κ2) is 9.92. The van der Waals surface area contributed by atoms with Gasteiger partial charge in [-0.3, -0.25) is 0 Å². The van der Waals surface area contributed by atoms with E-state index in [9.17, 15) is 0 Å². The molecular formula is C43H25N3S. The number of hydrogen-bond donors (Lipinski definition) is 0. The molecule has 0 fully saturated rings. The van der Waals surface area contributed by atoms with Crippen molar-refractivity contribution in [3.8, 4) is 22.5 Å². The monoisotopic (exact) mass is 615 g/mol. The molecule has 7 aromatic carbocycles. The van der Waals surface area contributed by atoms with Gasteiger partial charge < -0.3 is 9.13 Å².